The molecule has 1 nitrogen and oxygen atoms in total. The topological polar surface area (TPSA) is 3.24 Å². The van der Waals surface area contributed by atoms with Crippen LogP contribution in [0.2, 0.25) is 0 Å². The molecule has 25 heavy (non-hydrogen) atoms. The van der Waals surface area contributed by atoms with E-state index in [1.165, 1.54) is 23.1 Å². The zero-order chi connectivity index (χ0) is 17.9. The molecule has 1 atom stereocenters. The molecule has 0 spiro atoms. The summed E-state index contributed by atoms with van der Waals surface area (Å²) in [5, 5.41) is 0. The number of allylic oxidation sites excluding steroid dienone is 2. The minimum atomic E-state index is 0.591. The molecule has 0 aliphatic carbocycles. The largest absolute Gasteiger partial charge is 0.291 e. The fraction of sp³-hybridized carbons (Fsp3) is 0.333. The SMILES string of the molecule is C=CC(C)CC/C(C)=C/CN(Cc1ccccc1)Cc1ccccc1. The van der Waals surface area contributed by atoms with Gasteiger partial charge in [-0.3, -0.25) is 4.90 Å². The number of rotatable bonds is 10. The van der Waals surface area contributed by atoms with Crippen LogP contribution in [0.15, 0.2) is 85.0 Å². The quantitative estimate of drug-likeness (QED) is 0.465. The summed E-state index contributed by atoms with van der Waals surface area (Å²) < 4.78 is 0. The van der Waals surface area contributed by atoms with Gasteiger partial charge in [0.15, 0.2) is 0 Å². The van der Waals surface area contributed by atoms with Gasteiger partial charge in [-0.05, 0) is 36.8 Å². The van der Waals surface area contributed by atoms with E-state index in [0.29, 0.717) is 5.92 Å². The number of hydrogen-bond donors (Lipinski definition) is 0. The molecule has 0 N–H and O–H groups in total. The zero-order valence-electron chi connectivity index (χ0n) is 15.7. The van der Waals surface area contributed by atoms with E-state index >= 15 is 0 Å². The van der Waals surface area contributed by atoms with Gasteiger partial charge in [-0.2, -0.15) is 0 Å². The van der Waals surface area contributed by atoms with Gasteiger partial charge < -0.3 is 0 Å². The van der Waals surface area contributed by atoms with Crippen LogP contribution in [0.25, 0.3) is 0 Å². The van der Waals surface area contributed by atoms with Gasteiger partial charge >= 0.3 is 0 Å². The van der Waals surface area contributed by atoms with Crippen molar-refractivity contribution in [3.05, 3.63) is 96.1 Å². The third-order valence-electron chi connectivity index (χ3n) is 4.59. The predicted octanol–water partition coefficient (Wildman–Crippen LogP) is 6.24. The lowest BCUT2D eigenvalue weighted by Gasteiger charge is -2.21. The van der Waals surface area contributed by atoms with Crippen molar-refractivity contribution in [1.29, 1.82) is 0 Å². The molecule has 1 unspecified atom stereocenters. The Kier molecular flexibility index (Phi) is 8.21. The van der Waals surface area contributed by atoms with Crippen LogP contribution >= 0.6 is 0 Å². The van der Waals surface area contributed by atoms with E-state index in [-0.39, 0.29) is 0 Å². The zero-order valence-corrected chi connectivity index (χ0v) is 15.7. The first-order valence-electron chi connectivity index (χ1n) is 9.25. The highest BCUT2D eigenvalue weighted by Gasteiger charge is 2.06. The van der Waals surface area contributed by atoms with Crippen molar-refractivity contribution in [3.63, 3.8) is 0 Å². The fourth-order valence-electron chi connectivity index (χ4n) is 2.83. The van der Waals surface area contributed by atoms with Crippen molar-refractivity contribution < 1.29 is 0 Å². The van der Waals surface area contributed by atoms with Gasteiger partial charge in [0.1, 0.15) is 0 Å². The van der Waals surface area contributed by atoms with Gasteiger partial charge in [0, 0.05) is 19.6 Å². The summed E-state index contributed by atoms with van der Waals surface area (Å²) in [7, 11) is 0. The summed E-state index contributed by atoms with van der Waals surface area (Å²) >= 11 is 0. The molecule has 0 heterocycles. The molecule has 0 saturated heterocycles. The molecule has 0 radical (unpaired) electrons. The summed E-state index contributed by atoms with van der Waals surface area (Å²) in [5.74, 6) is 0.591. The number of benzene rings is 2. The Bertz CT molecular complexity index is 601. The molecule has 2 rings (SSSR count). The molecule has 1 heteroatoms. The predicted molar refractivity (Wildman–Crippen MR) is 109 cm³/mol. The van der Waals surface area contributed by atoms with Crippen molar-refractivity contribution >= 4 is 0 Å². The first-order chi connectivity index (χ1) is 12.2. The lowest BCUT2D eigenvalue weighted by molar-refractivity contribution is 0.285. The minimum Gasteiger partial charge on any atom is -0.291 e. The Labute approximate surface area is 153 Å². The van der Waals surface area contributed by atoms with E-state index in [4.69, 9.17) is 0 Å². The summed E-state index contributed by atoms with van der Waals surface area (Å²) in [6.45, 7) is 11.3. The van der Waals surface area contributed by atoms with Crippen molar-refractivity contribution in [1.82, 2.24) is 4.90 Å². The minimum absolute atomic E-state index is 0.591. The van der Waals surface area contributed by atoms with E-state index < -0.39 is 0 Å². The maximum atomic E-state index is 3.88. The van der Waals surface area contributed by atoms with Crippen LogP contribution in [0, 0.1) is 5.92 Å². The highest BCUT2D eigenvalue weighted by atomic mass is 15.1. The van der Waals surface area contributed by atoms with Gasteiger partial charge in [-0.1, -0.05) is 85.3 Å². The maximum absolute atomic E-state index is 3.88. The third-order valence-corrected chi connectivity index (χ3v) is 4.59. The van der Waals surface area contributed by atoms with Crippen LogP contribution in [0.4, 0.5) is 0 Å². The van der Waals surface area contributed by atoms with Crippen molar-refractivity contribution in [2.45, 2.75) is 39.8 Å². The Morgan fingerprint density at radius 2 is 1.48 bits per heavy atom. The number of nitrogens with zero attached hydrogens (tertiary/aromatic N) is 1. The lowest BCUT2D eigenvalue weighted by Crippen LogP contribution is -2.23. The molecule has 0 fully saturated rings. The second kappa shape index (κ2) is 10.7. The fourth-order valence-corrected chi connectivity index (χ4v) is 2.83. The smallest absolute Gasteiger partial charge is 0.0240 e. The Balaban J connectivity index is 1.99. The normalized spacial score (nSPS) is 13.0. The standard InChI is InChI=1S/C24H31N/c1-4-21(2)15-16-22(3)17-18-25(19-23-11-7-5-8-12-23)20-24-13-9-6-10-14-24/h4-14,17,21H,1,15-16,18-20H2,2-3H3/b22-17+. The van der Waals surface area contributed by atoms with Crippen molar-refractivity contribution in [2.75, 3.05) is 6.54 Å². The van der Waals surface area contributed by atoms with Crippen LogP contribution < -0.4 is 0 Å². The van der Waals surface area contributed by atoms with Crippen molar-refractivity contribution in [3.8, 4) is 0 Å². The average molecular weight is 334 g/mol. The molecule has 0 amide bonds. The van der Waals surface area contributed by atoms with Crippen LogP contribution in [0.5, 0.6) is 0 Å². The molecular weight excluding hydrogens is 302 g/mol. The van der Waals surface area contributed by atoms with Crippen LogP contribution in [0.1, 0.15) is 37.8 Å². The van der Waals surface area contributed by atoms with E-state index in [1.807, 2.05) is 6.08 Å². The van der Waals surface area contributed by atoms with Crippen LogP contribution in [-0.4, -0.2) is 11.4 Å². The molecule has 2 aromatic rings. The van der Waals surface area contributed by atoms with Gasteiger partial charge in [-0.25, -0.2) is 0 Å². The Hall–Kier alpha value is -2.12. The van der Waals surface area contributed by atoms with Crippen molar-refractivity contribution in [2.24, 2.45) is 5.92 Å². The second-order valence-electron chi connectivity index (χ2n) is 6.94. The number of hydrogen-bond acceptors (Lipinski definition) is 1. The average Bonchev–Trinajstić information content (AvgIpc) is 2.65. The van der Waals surface area contributed by atoms with Gasteiger partial charge in [0.05, 0.1) is 0 Å². The van der Waals surface area contributed by atoms with E-state index in [1.54, 1.807) is 0 Å². The second-order valence-corrected chi connectivity index (χ2v) is 6.94. The molecule has 0 saturated carbocycles. The molecule has 0 bridgehead atoms. The first-order valence-corrected chi connectivity index (χ1v) is 9.25. The highest BCUT2D eigenvalue weighted by molar-refractivity contribution is 5.17. The van der Waals surface area contributed by atoms with Gasteiger partial charge in [-0.15, -0.1) is 6.58 Å². The van der Waals surface area contributed by atoms with Gasteiger partial charge in [0.25, 0.3) is 0 Å². The molecule has 0 aliphatic rings. The van der Waals surface area contributed by atoms with Crippen LogP contribution in [0.3, 0.4) is 0 Å². The van der Waals surface area contributed by atoms with Gasteiger partial charge in [0.2, 0.25) is 0 Å². The highest BCUT2D eigenvalue weighted by Crippen LogP contribution is 2.14. The molecule has 0 aliphatic heterocycles. The summed E-state index contributed by atoms with van der Waals surface area (Å²) in [6, 6.07) is 21.5. The molecule has 2 aromatic carbocycles. The summed E-state index contributed by atoms with van der Waals surface area (Å²) in [4.78, 5) is 2.51. The first kappa shape index (κ1) is 19.2. The lowest BCUT2D eigenvalue weighted by atomic mass is 10.0. The van der Waals surface area contributed by atoms with Crippen LogP contribution in [-0.2, 0) is 13.1 Å². The van der Waals surface area contributed by atoms with E-state index in [2.05, 4.69) is 92.1 Å². The third kappa shape index (κ3) is 7.53. The maximum Gasteiger partial charge on any atom is 0.0240 e. The monoisotopic (exact) mass is 333 g/mol. The Morgan fingerprint density at radius 1 is 0.960 bits per heavy atom. The molecule has 132 valence electrons. The van der Waals surface area contributed by atoms with E-state index in [0.717, 1.165) is 26.1 Å². The Morgan fingerprint density at radius 3 is 1.96 bits per heavy atom. The van der Waals surface area contributed by atoms with E-state index in [9.17, 15) is 0 Å². The summed E-state index contributed by atoms with van der Waals surface area (Å²) in [5.41, 5.74) is 4.20. The molecule has 0 aromatic heterocycles. The summed E-state index contributed by atoms with van der Waals surface area (Å²) in [6.07, 6.45) is 6.77. The molecular formula is C24H31N.